The Labute approximate surface area is 235 Å². The zero-order valence-electron chi connectivity index (χ0n) is 21.7. The lowest BCUT2D eigenvalue weighted by Crippen LogP contribution is -2.16. The molecular formula is C33H24N2O6. The Morgan fingerprint density at radius 3 is 1.37 bits per heavy atom. The SMILES string of the molecule is C=Cc1ccc(C(=O)O)c(C(=O)Nc2ccc3c(c2)Cc2cc(NC(=O)c4cc(C=C)ccc4C(=O)O)ccc2-3)c1. The predicted molar refractivity (Wildman–Crippen MR) is 158 cm³/mol. The third-order valence-electron chi connectivity index (χ3n) is 6.91. The maximum atomic E-state index is 13.0. The molecular weight excluding hydrogens is 520 g/mol. The second-order valence-corrected chi connectivity index (χ2v) is 9.46. The van der Waals surface area contributed by atoms with E-state index >= 15 is 0 Å². The monoisotopic (exact) mass is 544 g/mol. The van der Waals surface area contributed by atoms with Gasteiger partial charge in [-0.15, -0.1) is 0 Å². The minimum Gasteiger partial charge on any atom is -0.478 e. The minimum atomic E-state index is -1.20. The Hall–Kier alpha value is -5.76. The Kier molecular flexibility index (Phi) is 7.05. The van der Waals surface area contributed by atoms with Crippen LogP contribution in [0.5, 0.6) is 0 Å². The van der Waals surface area contributed by atoms with E-state index in [-0.39, 0.29) is 22.3 Å². The fourth-order valence-electron chi connectivity index (χ4n) is 4.89. The number of carboxylic acid groups (broad SMARTS) is 2. The lowest BCUT2D eigenvalue weighted by Gasteiger charge is -2.11. The van der Waals surface area contributed by atoms with E-state index in [2.05, 4.69) is 23.8 Å². The lowest BCUT2D eigenvalue weighted by molar-refractivity contribution is 0.0683. The zero-order valence-corrected chi connectivity index (χ0v) is 21.7. The van der Waals surface area contributed by atoms with Gasteiger partial charge < -0.3 is 20.8 Å². The molecule has 1 aliphatic rings. The Morgan fingerprint density at radius 2 is 1.00 bits per heavy atom. The molecule has 0 aliphatic heterocycles. The van der Waals surface area contributed by atoms with Crippen molar-refractivity contribution in [3.63, 3.8) is 0 Å². The van der Waals surface area contributed by atoms with Crippen molar-refractivity contribution < 1.29 is 29.4 Å². The Balaban J connectivity index is 1.36. The van der Waals surface area contributed by atoms with Crippen LogP contribution >= 0.6 is 0 Å². The molecule has 2 amide bonds. The summed E-state index contributed by atoms with van der Waals surface area (Å²) < 4.78 is 0. The molecule has 0 radical (unpaired) electrons. The van der Waals surface area contributed by atoms with Crippen LogP contribution in [-0.4, -0.2) is 34.0 Å². The van der Waals surface area contributed by atoms with E-state index in [1.165, 1.54) is 36.4 Å². The summed E-state index contributed by atoms with van der Waals surface area (Å²) >= 11 is 0. The molecule has 4 aromatic carbocycles. The Bertz CT molecular complexity index is 1670. The number of anilines is 2. The average molecular weight is 545 g/mol. The van der Waals surface area contributed by atoms with Gasteiger partial charge in [0, 0.05) is 11.4 Å². The third-order valence-corrected chi connectivity index (χ3v) is 6.91. The van der Waals surface area contributed by atoms with Gasteiger partial charge in [-0.25, -0.2) is 9.59 Å². The molecule has 8 nitrogen and oxygen atoms in total. The molecule has 0 atom stereocenters. The smallest absolute Gasteiger partial charge is 0.336 e. The first kappa shape index (κ1) is 26.8. The van der Waals surface area contributed by atoms with Gasteiger partial charge >= 0.3 is 11.9 Å². The standard InChI is InChI=1S/C33H24N2O6/c1-3-18-5-9-26(32(38)39)28(13-18)30(36)34-22-7-11-24-20(16-22)15-21-17-23(8-12-25(21)24)35-31(37)29-14-19(4-2)6-10-27(29)33(40)41/h3-14,16-17H,1-2,15H2,(H,34,36)(H,35,37)(H,38,39)(H,40,41). The summed E-state index contributed by atoms with van der Waals surface area (Å²) in [5.41, 5.74) is 5.97. The highest BCUT2D eigenvalue weighted by molar-refractivity contribution is 6.12. The van der Waals surface area contributed by atoms with E-state index < -0.39 is 23.8 Å². The summed E-state index contributed by atoms with van der Waals surface area (Å²) in [6.45, 7) is 7.35. The molecule has 0 spiro atoms. The summed E-state index contributed by atoms with van der Waals surface area (Å²) in [5.74, 6) is -3.50. The number of rotatable bonds is 8. The number of carbonyl (C=O) groups excluding carboxylic acids is 2. The molecule has 5 rings (SSSR count). The highest BCUT2D eigenvalue weighted by Gasteiger charge is 2.22. The van der Waals surface area contributed by atoms with Crippen LogP contribution in [0.2, 0.25) is 0 Å². The van der Waals surface area contributed by atoms with Gasteiger partial charge in [0.1, 0.15) is 0 Å². The number of carbonyl (C=O) groups is 4. The molecule has 0 saturated heterocycles. The van der Waals surface area contributed by atoms with E-state index in [0.717, 1.165) is 22.3 Å². The molecule has 0 heterocycles. The quantitative estimate of drug-likeness (QED) is 0.178. The molecule has 4 N–H and O–H groups in total. The fraction of sp³-hybridized carbons (Fsp3) is 0.0303. The first-order valence-electron chi connectivity index (χ1n) is 12.6. The topological polar surface area (TPSA) is 133 Å². The van der Waals surface area contributed by atoms with Crippen molar-refractivity contribution >= 4 is 47.3 Å². The van der Waals surface area contributed by atoms with Crippen molar-refractivity contribution in [2.24, 2.45) is 0 Å². The summed E-state index contributed by atoms with van der Waals surface area (Å²) in [6.07, 6.45) is 3.61. The second kappa shape index (κ2) is 10.8. The summed E-state index contributed by atoms with van der Waals surface area (Å²) in [4.78, 5) is 49.3. The van der Waals surface area contributed by atoms with Gasteiger partial charge in [0.25, 0.3) is 11.8 Å². The molecule has 1 aliphatic carbocycles. The van der Waals surface area contributed by atoms with Crippen molar-refractivity contribution in [2.75, 3.05) is 10.6 Å². The molecule has 41 heavy (non-hydrogen) atoms. The Morgan fingerprint density at radius 1 is 0.585 bits per heavy atom. The van der Waals surface area contributed by atoms with Crippen LogP contribution in [0.25, 0.3) is 23.3 Å². The van der Waals surface area contributed by atoms with E-state index in [0.29, 0.717) is 28.9 Å². The summed E-state index contributed by atoms with van der Waals surface area (Å²) in [7, 11) is 0. The highest BCUT2D eigenvalue weighted by Crippen LogP contribution is 2.39. The van der Waals surface area contributed by atoms with E-state index in [1.807, 2.05) is 24.3 Å². The van der Waals surface area contributed by atoms with Gasteiger partial charge in [0.05, 0.1) is 22.3 Å². The van der Waals surface area contributed by atoms with Crippen LogP contribution in [-0.2, 0) is 6.42 Å². The van der Waals surface area contributed by atoms with Gasteiger partial charge in [-0.05, 0) is 88.3 Å². The fourth-order valence-corrected chi connectivity index (χ4v) is 4.89. The van der Waals surface area contributed by atoms with Crippen LogP contribution in [0, 0.1) is 0 Å². The van der Waals surface area contributed by atoms with E-state index in [9.17, 15) is 29.4 Å². The summed E-state index contributed by atoms with van der Waals surface area (Å²) in [5, 5.41) is 24.6. The maximum Gasteiger partial charge on any atom is 0.336 e. The number of aromatic carboxylic acids is 2. The van der Waals surface area contributed by atoms with Crippen LogP contribution in [0.15, 0.2) is 86.0 Å². The predicted octanol–water partition coefficient (Wildman–Crippen LogP) is 6.44. The minimum absolute atomic E-state index is 0.0313. The molecule has 4 aromatic rings. The van der Waals surface area contributed by atoms with Crippen molar-refractivity contribution in [3.05, 3.63) is 130 Å². The maximum absolute atomic E-state index is 13.0. The van der Waals surface area contributed by atoms with Crippen molar-refractivity contribution in [1.29, 1.82) is 0 Å². The van der Waals surface area contributed by atoms with Crippen LogP contribution in [0.4, 0.5) is 11.4 Å². The van der Waals surface area contributed by atoms with Gasteiger partial charge in [0.2, 0.25) is 0 Å². The van der Waals surface area contributed by atoms with Gasteiger partial charge in [0.15, 0.2) is 0 Å². The second-order valence-electron chi connectivity index (χ2n) is 9.46. The molecule has 0 bridgehead atoms. The first-order chi connectivity index (χ1) is 19.7. The first-order valence-corrected chi connectivity index (χ1v) is 12.6. The number of fused-ring (bicyclic) bond motifs is 3. The molecule has 0 fully saturated rings. The van der Waals surface area contributed by atoms with E-state index in [4.69, 9.17) is 0 Å². The van der Waals surface area contributed by atoms with Gasteiger partial charge in [-0.2, -0.15) is 0 Å². The largest absolute Gasteiger partial charge is 0.478 e. The number of amides is 2. The average Bonchev–Trinajstić information content (AvgIpc) is 3.33. The number of nitrogens with one attached hydrogen (secondary N) is 2. The lowest BCUT2D eigenvalue weighted by atomic mass is 10.0. The highest BCUT2D eigenvalue weighted by atomic mass is 16.4. The number of carboxylic acids is 2. The number of benzene rings is 4. The molecule has 8 heteroatoms. The van der Waals surface area contributed by atoms with Gasteiger partial charge in [-0.3, -0.25) is 9.59 Å². The van der Waals surface area contributed by atoms with Crippen molar-refractivity contribution in [2.45, 2.75) is 6.42 Å². The molecule has 0 aromatic heterocycles. The molecule has 202 valence electrons. The van der Waals surface area contributed by atoms with Gasteiger partial charge in [-0.1, -0.05) is 49.6 Å². The molecule has 0 unspecified atom stereocenters. The number of hydrogen-bond donors (Lipinski definition) is 4. The van der Waals surface area contributed by atoms with E-state index in [1.54, 1.807) is 24.3 Å². The zero-order chi connectivity index (χ0) is 29.3. The number of hydrogen-bond acceptors (Lipinski definition) is 4. The van der Waals surface area contributed by atoms with Crippen molar-refractivity contribution in [3.8, 4) is 11.1 Å². The normalized spacial score (nSPS) is 11.1. The van der Waals surface area contributed by atoms with Crippen LogP contribution in [0.1, 0.15) is 63.7 Å². The third kappa shape index (κ3) is 5.26. The van der Waals surface area contributed by atoms with Crippen LogP contribution in [0.3, 0.4) is 0 Å². The van der Waals surface area contributed by atoms with Crippen LogP contribution < -0.4 is 10.6 Å². The summed E-state index contributed by atoms with van der Waals surface area (Å²) in [6, 6.07) is 19.8. The van der Waals surface area contributed by atoms with Crippen molar-refractivity contribution in [1.82, 2.24) is 0 Å². The molecule has 0 saturated carbocycles.